The van der Waals surface area contributed by atoms with Crippen LogP contribution in [0.3, 0.4) is 0 Å². The van der Waals surface area contributed by atoms with Crippen LogP contribution in [0.15, 0.2) is 48.5 Å². The average molecular weight is 376 g/mol. The summed E-state index contributed by atoms with van der Waals surface area (Å²) in [5, 5.41) is 13.7. The van der Waals surface area contributed by atoms with E-state index in [0.717, 1.165) is 12.1 Å². The number of halogens is 2. The number of carbonyl (C=O) groups excluding carboxylic acids is 2. The van der Waals surface area contributed by atoms with Gasteiger partial charge in [-0.05, 0) is 30.2 Å². The number of benzene rings is 2. The highest BCUT2D eigenvalue weighted by atomic mass is 19.1. The molecule has 0 fully saturated rings. The summed E-state index contributed by atoms with van der Waals surface area (Å²) in [4.78, 5) is 35.7. The fourth-order valence-corrected chi connectivity index (χ4v) is 2.41. The Kier molecular flexibility index (Phi) is 6.59. The second-order valence-electron chi connectivity index (χ2n) is 5.93. The topological polar surface area (TPSA) is 95.5 Å². The number of aliphatic carboxylic acids is 1. The molecule has 0 bridgehead atoms. The minimum Gasteiger partial charge on any atom is -0.480 e. The van der Waals surface area contributed by atoms with E-state index >= 15 is 0 Å². The van der Waals surface area contributed by atoms with Crippen LogP contribution in [0.2, 0.25) is 0 Å². The van der Waals surface area contributed by atoms with Gasteiger partial charge in [0.05, 0.1) is 6.42 Å². The Morgan fingerprint density at radius 2 is 1.59 bits per heavy atom. The minimum atomic E-state index is -1.23. The number of carbonyl (C=O) groups is 3. The van der Waals surface area contributed by atoms with E-state index in [1.165, 1.54) is 6.92 Å². The first-order valence-corrected chi connectivity index (χ1v) is 8.08. The molecule has 142 valence electrons. The van der Waals surface area contributed by atoms with Crippen molar-refractivity contribution in [1.82, 2.24) is 10.6 Å². The lowest BCUT2D eigenvalue weighted by Gasteiger charge is -2.20. The summed E-state index contributed by atoms with van der Waals surface area (Å²) in [6, 6.07) is 8.64. The number of hydrogen-bond acceptors (Lipinski definition) is 3. The second-order valence-corrected chi connectivity index (χ2v) is 5.93. The van der Waals surface area contributed by atoms with Crippen LogP contribution in [0, 0.1) is 11.6 Å². The van der Waals surface area contributed by atoms with E-state index in [0.29, 0.717) is 11.6 Å². The van der Waals surface area contributed by atoms with Gasteiger partial charge in [-0.3, -0.25) is 14.4 Å². The zero-order valence-corrected chi connectivity index (χ0v) is 14.4. The van der Waals surface area contributed by atoms with Crippen molar-refractivity contribution in [3.63, 3.8) is 0 Å². The molecule has 0 aliphatic heterocycles. The van der Waals surface area contributed by atoms with Crippen LogP contribution >= 0.6 is 0 Å². The van der Waals surface area contributed by atoms with Crippen molar-refractivity contribution in [3.05, 3.63) is 71.3 Å². The van der Waals surface area contributed by atoms with E-state index in [2.05, 4.69) is 10.6 Å². The van der Waals surface area contributed by atoms with Gasteiger partial charge in [0.1, 0.15) is 23.7 Å². The molecule has 0 saturated carbocycles. The van der Waals surface area contributed by atoms with Crippen LogP contribution in [-0.2, 0) is 20.8 Å². The average Bonchev–Trinajstić information content (AvgIpc) is 2.59. The molecule has 2 aromatic carbocycles. The van der Waals surface area contributed by atoms with Crippen molar-refractivity contribution in [2.75, 3.05) is 0 Å². The van der Waals surface area contributed by atoms with E-state index in [1.807, 2.05) is 0 Å². The Morgan fingerprint density at radius 1 is 1.00 bits per heavy atom. The SMILES string of the molecule is C[C@H](NC(=O)[C@@H](NC(=O)Cc1cc(F)cc(F)c1)c1ccccc1)C(=O)O. The molecule has 0 aromatic heterocycles. The van der Waals surface area contributed by atoms with Crippen molar-refractivity contribution in [3.8, 4) is 0 Å². The number of nitrogens with one attached hydrogen (secondary N) is 2. The van der Waals surface area contributed by atoms with Crippen LogP contribution in [0.25, 0.3) is 0 Å². The number of amides is 2. The molecular formula is C19H18F2N2O4. The summed E-state index contributed by atoms with van der Waals surface area (Å²) in [5.74, 6) is -4.21. The van der Waals surface area contributed by atoms with E-state index < -0.39 is 41.5 Å². The Labute approximate surface area is 154 Å². The Balaban J connectivity index is 2.17. The van der Waals surface area contributed by atoms with Crippen molar-refractivity contribution >= 4 is 17.8 Å². The van der Waals surface area contributed by atoms with Gasteiger partial charge in [-0.25, -0.2) is 8.78 Å². The largest absolute Gasteiger partial charge is 0.480 e. The molecule has 0 heterocycles. The van der Waals surface area contributed by atoms with E-state index in [4.69, 9.17) is 5.11 Å². The molecule has 0 aliphatic carbocycles. The number of rotatable bonds is 7. The summed E-state index contributed by atoms with van der Waals surface area (Å²) < 4.78 is 26.5. The standard InChI is InChI=1S/C19H18F2N2O4/c1-11(19(26)27)22-18(25)17(13-5-3-2-4-6-13)23-16(24)9-12-7-14(20)10-15(21)8-12/h2-8,10-11,17H,9H2,1H3,(H,22,25)(H,23,24)(H,26,27)/t11-,17-/m0/s1. The van der Waals surface area contributed by atoms with Gasteiger partial charge in [-0.1, -0.05) is 30.3 Å². The Morgan fingerprint density at radius 3 is 2.15 bits per heavy atom. The van der Waals surface area contributed by atoms with Gasteiger partial charge in [-0.15, -0.1) is 0 Å². The maximum atomic E-state index is 13.3. The zero-order chi connectivity index (χ0) is 20.0. The van der Waals surface area contributed by atoms with Crippen LogP contribution < -0.4 is 10.6 Å². The number of hydrogen-bond donors (Lipinski definition) is 3. The maximum absolute atomic E-state index is 13.3. The first-order chi connectivity index (χ1) is 12.8. The molecule has 3 N–H and O–H groups in total. The normalized spacial score (nSPS) is 12.7. The maximum Gasteiger partial charge on any atom is 0.325 e. The van der Waals surface area contributed by atoms with E-state index in [1.54, 1.807) is 30.3 Å². The zero-order valence-electron chi connectivity index (χ0n) is 14.4. The van der Waals surface area contributed by atoms with Crippen molar-refractivity contribution in [2.45, 2.75) is 25.4 Å². The molecule has 2 rings (SSSR count). The van der Waals surface area contributed by atoms with Gasteiger partial charge in [0.2, 0.25) is 11.8 Å². The lowest BCUT2D eigenvalue weighted by Crippen LogP contribution is -2.46. The lowest BCUT2D eigenvalue weighted by molar-refractivity contribution is -0.141. The van der Waals surface area contributed by atoms with Crippen LogP contribution in [0.4, 0.5) is 8.78 Å². The van der Waals surface area contributed by atoms with Gasteiger partial charge < -0.3 is 15.7 Å². The third-order valence-corrected chi connectivity index (χ3v) is 3.72. The molecule has 0 radical (unpaired) electrons. The summed E-state index contributed by atoms with van der Waals surface area (Å²) in [5.41, 5.74) is 0.544. The van der Waals surface area contributed by atoms with Gasteiger partial charge in [0.15, 0.2) is 0 Å². The molecule has 2 amide bonds. The molecule has 2 aromatic rings. The number of carboxylic acid groups (broad SMARTS) is 1. The van der Waals surface area contributed by atoms with Gasteiger partial charge in [-0.2, -0.15) is 0 Å². The first-order valence-electron chi connectivity index (χ1n) is 8.08. The molecule has 0 saturated heterocycles. The smallest absolute Gasteiger partial charge is 0.325 e. The fraction of sp³-hybridized carbons (Fsp3) is 0.211. The quantitative estimate of drug-likeness (QED) is 0.688. The summed E-state index contributed by atoms with van der Waals surface area (Å²) in [6.07, 6.45) is -0.347. The van der Waals surface area contributed by atoms with Gasteiger partial charge in [0, 0.05) is 6.07 Å². The fourth-order valence-electron chi connectivity index (χ4n) is 2.41. The molecule has 6 nitrogen and oxygen atoms in total. The Hall–Kier alpha value is -3.29. The van der Waals surface area contributed by atoms with Crippen LogP contribution in [0.1, 0.15) is 24.1 Å². The summed E-state index contributed by atoms with van der Waals surface area (Å²) in [7, 11) is 0. The monoisotopic (exact) mass is 376 g/mol. The third kappa shape index (κ3) is 5.88. The molecule has 27 heavy (non-hydrogen) atoms. The van der Waals surface area contributed by atoms with Crippen molar-refractivity contribution in [1.29, 1.82) is 0 Å². The van der Waals surface area contributed by atoms with Gasteiger partial charge in [0.25, 0.3) is 0 Å². The lowest BCUT2D eigenvalue weighted by atomic mass is 10.0. The predicted octanol–water partition coefficient (Wildman–Crippen LogP) is 1.95. The second kappa shape index (κ2) is 8.88. The highest BCUT2D eigenvalue weighted by Gasteiger charge is 2.25. The molecule has 2 atom stereocenters. The first kappa shape index (κ1) is 20.0. The van der Waals surface area contributed by atoms with Crippen LogP contribution in [-0.4, -0.2) is 28.9 Å². The number of carboxylic acids is 1. The highest BCUT2D eigenvalue weighted by Crippen LogP contribution is 2.14. The van der Waals surface area contributed by atoms with Crippen LogP contribution in [0.5, 0.6) is 0 Å². The van der Waals surface area contributed by atoms with E-state index in [9.17, 15) is 23.2 Å². The highest BCUT2D eigenvalue weighted by molar-refractivity contribution is 5.91. The summed E-state index contributed by atoms with van der Waals surface area (Å²) in [6.45, 7) is 1.29. The minimum absolute atomic E-state index is 0.108. The van der Waals surface area contributed by atoms with E-state index in [-0.39, 0.29) is 12.0 Å². The molecular weight excluding hydrogens is 358 g/mol. The Bertz CT molecular complexity index is 823. The van der Waals surface area contributed by atoms with Crippen molar-refractivity contribution in [2.24, 2.45) is 0 Å². The molecule has 0 unspecified atom stereocenters. The third-order valence-electron chi connectivity index (χ3n) is 3.72. The predicted molar refractivity (Wildman–Crippen MR) is 92.6 cm³/mol. The van der Waals surface area contributed by atoms with Crippen molar-refractivity contribution < 1.29 is 28.3 Å². The molecule has 0 aliphatic rings. The molecule has 0 spiro atoms. The molecule has 8 heteroatoms. The summed E-state index contributed by atoms with van der Waals surface area (Å²) >= 11 is 0. The van der Waals surface area contributed by atoms with Gasteiger partial charge >= 0.3 is 5.97 Å².